The van der Waals surface area contributed by atoms with E-state index in [0.29, 0.717) is 6.04 Å². The lowest BCUT2D eigenvalue weighted by Crippen LogP contribution is -2.25. The van der Waals surface area contributed by atoms with Gasteiger partial charge in [-0.2, -0.15) is 5.10 Å². The van der Waals surface area contributed by atoms with Gasteiger partial charge in [-0.3, -0.25) is 4.68 Å². The highest BCUT2D eigenvalue weighted by Gasteiger charge is 2.23. The average molecular weight is 290 g/mol. The van der Waals surface area contributed by atoms with Crippen LogP contribution in [0.25, 0.3) is 0 Å². The van der Waals surface area contributed by atoms with Crippen molar-refractivity contribution in [2.45, 2.75) is 58.7 Å². The van der Waals surface area contributed by atoms with Crippen LogP contribution in [0.5, 0.6) is 0 Å². The fraction of sp³-hybridized carbons (Fsp3) is 0.600. The first-order valence-corrected chi connectivity index (χ1v) is 8.41. The van der Waals surface area contributed by atoms with Crippen molar-refractivity contribution in [1.82, 2.24) is 20.1 Å². The molecule has 20 heavy (non-hydrogen) atoms. The SMILES string of the molecule is CCc1nc(CN[C@@H]2CCCc3c2cnn3CC)cs1. The molecule has 0 fully saturated rings. The summed E-state index contributed by atoms with van der Waals surface area (Å²) in [6.45, 7) is 6.14. The highest BCUT2D eigenvalue weighted by Crippen LogP contribution is 2.29. The Morgan fingerprint density at radius 1 is 1.45 bits per heavy atom. The van der Waals surface area contributed by atoms with Crippen LogP contribution in [0.15, 0.2) is 11.6 Å². The molecule has 0 unspecified atom stereocenters. The number of aryl methyl sites for hydroxylation is 2. The number of aromatic nitrogens is 3. The van der Waals surface area contributed by atoms with E-state index in [-0.39, 0.29) is 0 Å². The van der Waals surface area contributed by atoms with E-state index in [1.165, 1.54) is 34.8 Å². The van der Waals surface area contributed by atoms with Crippen LogP contribution in [0.4, 0.5) is 0 Å². The van der Waals surface area contributed by atoms with Gasteiger partial charge in [0.05, 0.1) is 16.9 Å². The quantitative estimate of drug-likeness (QED) is 0.920. The predicted octanol–water partition coefficient (Wildman–Crippen LogP) is 3.09. The molecule has 2 heterocycles. The molecule has 5 heteroatoms. The fourth-order valence-electron chi connectivity index (χ4n) is 2.92. The Balaban J connectivity index is 1.68. The van der Waals surface area contributed by atoms with Crippen molar-refractivity contribution < 1.29 is 0 Å². The van der Waals surface area contributed by atoms with Gasteiger partial charge < -0.3 is 5.32 Å². The number of nitrogens with zero attached hydrogens (tertiary/aromatic N) is 3. The molecule has 108 valence electrons. The van der Waals surface area contributed by atoms with E-state index in [4.69, 9.17) is 0 Å². The lowest BCUT2D eigenvalue weighted by molar-refractivity contribution is 0.446. The van der Waals surface area contributed by atoms with E-state index < -0.39 is 0 Å². The maximum absolute atomic E-state index is 4.63. The zero-order chi connectivity index (χ0) is 13.9. The second kappa shape index (κ2) is 6.06. The largest absolute Gasteiger partial charge is 0.304 e. The van der Waals surface area contributed by atoms with E-state index in [9.17, 15) is 0 Å². The maximum atomic E-state index is 4.63. The smallest absolute Gasteiger partial charge is 0.0926 e. The topological polar surface area (TPSA) is 42.7 Å². The third-order valence-electron chi connectivity index (χ3n) is 3.99. The Labute approximate surface area is 124 Å². The number of hydrogen-bond donors (Lipinski definition) is 1. The minimum Gasteiger partial charge on any atom is -0.304 e. The number of thiazole rings is 1. The van der Waals surface area contributed by atoms with Gasteiger partial charge >= 0.3 is 0 Å². The molecule has 0 aliphatic heterocycles. The minimum absolute atomic E-state index is 0.436. The van der Waals surface area contributed by atoms with E-state index >= 15 is 0 Å². The van der Waals surface area contributed by atoms with Gasteiger partial charge in [0.15, 0.2) is 0 Å². The first-order chi connectivity index (χ1) is 9.81. The number of hydrogen-bond acceptors (Lipinski definition) is 4. The van der Waals surface area contributed by atoms with Crippen molar-refractivity contribution >= 4 is 11.3 Å². The molecule has 1 aliphatic carbocycles. The van der Waals surface area contributed by atoms with Gasteiger partial charge in [0.1, 0.15) is 0 Å². The highest BCUT2D eigenvalue weighted by molar-refractivity contribution is 7.09. The molecule has 3 rings (SSSR count). The Hall–Kier alpha value is -1.20. The molecule has 0 saturated heterocycles. The molecule has 1 aliphatic rings. The molecule has 0 saturated carbocycles. The Bertz CT molecular complexity index is 572. The Kier molecular flexibility index (Phi) is 4.17. The lowest BCUT2D eigenvalue weighted by atomic mass is 9.93. The van der Waals surface area contributed by atoms with Crippen molar-refractivity contribution in [2.24, 2.45) is 0 Å². The lowest BCUT2D eigenvalue weighted by Gasteiger charge is -2.23. The zero-order valence-electron chi connectivity index (χ0n) is 12.2. The summed E-state index contributed by atoms with van der Waals surface area (Å²) in [6.07, 6.45) is 6.69. The van der Waals surface area contributed by atoms with Crippen LogP contribution in [0.1, 0.15) is 54.7 Å². The van der Waals surface area contributed by atoms with Crippen LogP contribution in [0, 0.1) is 0 Å². The van der Waals surface area contributed by atoms with Gasteiger partial charge in [0, 0.05) is 35.8 Å². The van der Waals surface area contributed by atoms with Crippen molar-refractivity contribution in [3.05, 3.63) is 33.5 Å². The summed E-state index contributed by atoms with van der Waals surface area (Å²) in [5, 5.41) is 11.6. The summed E-state index contributed by atoms with van der Waals surface area (Å²) in [7, 11) is 0. The van der Waals surface area contributed by atoms with Crippen molar-refractivity contribution in [3.8, 4) is 0 Å². The van der Waals surface area contributed by atoms with Crippen molar-refractivity contribution in [2.75, 3.05) is 0 Å². The number of nitrogens with one attached hydrogen (secondary N) is 1. The molecule has 4 nitrogen and oxygen atoms in total. The molecule has 2 aromatic rings. The molecule has 0 spiro atoms. The third-order valence-corrected chi connectivity index (χ3v) is 5.04. The van der Waals surface area contributed by atoms with Crippen molar-refractivity contribution in [1.29, 1.82) is 0 Å². The summed E-state index contributed by atoms with van der Waals surface area (Å²) in [5.41, 5.74) is 3.98. The van der Waals surface area contributed by atoms with Gasteiger partial charge in [-0.15, -0.1) is 11.3 Å². The Morgan fingerprint density at radius 3 is 3.10 bits per heavy atom. The molecule has 0 radical (unpaired) electrons. The molecular formula is C15H22N4S. The molecule has 2 aromatic heterocycles. The van der Waals surface area contributed by atoms with Crippen LogP contribution in [-0.4, -0.2) is 14.8 Å². The van der Waals surface area contributed by atoms with Crippen LogP contribution in [-0.2, 0) is 25.9 Å². The second-order valence-corrected chi connectivity index (χ2v) is 6.22. The molecule has 0 amide bonds. The summed E-state index contributed by atoms with van der Waals surface area (Å²) >= 11 is 1.76. The summed E-state index contributed by atoms with van der Waals surface area (Å²) in [4.78, 5) is 4.63. The molecule has 0 aromatic carbocycles. The van der Waals surface area contributed by atoms with Crippen molar-refractivity contribution in [3.63, 3.8) is 0 Å². The third kappa shape index (κ3) is 2.65. The van der Waals surface area contributed by atoms with Crippen LogP contribution in [0.3, 0.4) is 0 Å². The molecular weight excluding hydrogens is 268 g/mol. The number of fused-ring (bicyclic) bond motifs is 1. The highest BCUT2D eigenvalue weighted by atomic mass is 32.1. The van der Waals surface area contributed by atoms with E-state index in [1.54, 1.807) is 11.3 Å². The van der Waals surface area contributed by atoms with Gasteiger partial charge in [0.2, 0.25) is 0 Å². The molecule has 0 bridgehead atoms. The monoisotopic (exact) mass is 290 g/mol. The molecule has 1 atom stereocenters. The fourth-order valence-corrected chi connectivity index (χ4v) is 3.67. The normalized spacial score (nSPS) is 18.2. The standard InChI is InChI=1S/C15H22N4S/c1-3-15-18-11(10-20-15)8-16-13-6-5-7-14-12(13)9-17-19(14)4-2/h9-10,13,16H,3-8H2,1-2H3/t13-/m1/s1. The van der Waals surface area contributed by atoms with Gasteiger partial charge in [-0.05, 0) is 32.6 Å². The zero-order valence-corrected chi connectivity index (χ0v) is 13.0. The van der Waals surface area contributed by atoms with Gasteiger partial charge in [-0.25, -0.2) is 4.98 Å². The van der Waals surface area contributed by atoms with E-state index in [0.717, 1.165) is 25.9 Å². The van der Waals surface area contributed by atoms with Crippen LogP contribution >= 0.6 is 11.3 Å². The summed E-state index contributed by atoms with van der Waals surface area (Å²) in [6, 6.07) is 0.436. The summed E-state index contributed by atoms with van der Waals surface area (Å²) in [5.74, 6) is 0. The first kappa shape index (κ1) is 13.8. The minimum atomic E-state index is 0.436. The maximum Gasteiger partial charge on any atom is 0.0926 e. The first-order valence-electron chi connectivity index (χ1n) is 7.53. The van der Waals surface area contributed by atoms with Crippen LogP contribution < -0.4 is 5.32 Å². The summed E-state index contributed by atoms with van der Waals surface area (Å²) < 4.78 is 2.14. The average Bonchev–Trinajstić information content (AvgIpc) is 3.11. The van der Waals surface area contributed by atoms with Gasteiger partial charge in [-0.1, -0.05) is 6.92 Å². The molecule has 1 N–H and O–H groups in total. The van der Waals surface area contributed by atoms with E-state index in [2.05, 4.69) is 39.3 Å². The predicted molar refractivity (Wildman–Crippen MR) is 81.9 cm³/mol. The van der Waals surface area contributed by atoms with Crippen LogP contribution in [0.2, 0.25) is 0 Å². The van der Waals surface area contributed by atoms with E-state index in [1.807, 2.05) is 6.20 Å². The Morgan fingerprint density at radius 2 is 2.35 bits per heavy atom. The second-order valence-electron chi connectivity index (χ2n) is 5.27. The number of rotatable bonds is 5. The van der Waals surface area contributed by atoms with Gasteiger partial charge in [0.25, 0.3) is 0 Å².